The van der Waals surface area contributed by atoms with E-state index in [-0.39, 0.29) is 12.1 Å². The first-order valence-electron chi connectivity index (χ1n) is 4.56. The molecule has 0 bridgehead atoms. The SMILES string of the molecule is Nc1ncn(CC2CCCO2)c(=S)n1. The second-order valence-electron chi connectivity index (χ2n) is 3.28. The second kappa shape index (κ2) is 4.02. The van der Waals surface area contributed by atoms with Crippen molar-refractivity contribution in [1.29, 1.82) is 0 Å². The van der Waals surface area contributed by atoms with Crippen LogP contribution < -0.4 is 5.73 Å². The molecule has 76 valence electrons. The fourth-order valence-electron chi connectivity index (χ4n) is 1.50. The standard InChI is InChI=1S/C8H12N4OS/c9-7-10-5-12(8(14)11-7)4-6-2-1-3-13-6/h5-6H,1-4H2,(H2,9,11,14). The van der Waals surface area contributed by atoms with Gasteiger partial charge in [-0.1, -0.05) is 0 Å². The summed E-state index contributed by atoms with van der Waals surface area (Å²) in [6, 6.07) is 0. The third kappa shape index (κ3) is 2.08. The number of hydrogen-bond acceptors (Lipinski definition) is 5. The van der Waals surface area contributed by atoms with E-state index < -0.39 is 0 Å². The average molecular weight is 212 g/mol. The largest absolute Gasteiger partial charge is 0.376 e. The highest BCUT2D eigenvalue weighted by Crippen LogP contribution is 2.13. The van der Waals surface area contributed by atoms with Crippen molar-refractivity contribution in [2.45, 2.75) is 25.5 Å². The Labute approximate surface area is 86.9 Å². The van der Waals surface area contributed by atoms with E-state index >= 15 is 0 Å². The van der Waals surface area contributed by atoms with Crippen LogP contribution in [-0.2, 0) is 11.3 Å². The third-order valence-electron chi connectivity index (χ3n) is 2.21. The van der Waals surface area contributed by atoms with Crippen molar-refractivity contribution in [2.24, 2.45) is 0 Å². The molecule has 14 heavy (non-hydrogen) atoms. The Morgan fingerprint density at radius 3 is 3.21 bits per heavy atom. The predicted octanol–water partition coefficient (Wildman–Crippen LogP) is 0.769. The maximum absolute atomic E-state index is 5.49. The first-order chi connectivity index (χ1) is 6.75. The number of anilines is 1. The molecule has 1 aliphatic rings. The Kier molecular flexibility index (Phi) is 2.74. The van der Waals surface area contributed by atoms with E-state index in [0.717, 1.165) is 26.0 Å². The van der Waals surface area contributed by atoms with Gasteiger partial charge in [-0.3, -0.25) is 0 Å². The Bertz CT molecular complexity index is 372. The minimum Gasteiger partial charge on any atom is -0.376 e. The van der Waals surface area contributed by atoms with Gasteiger partial charge < -0.3 is 15.0 Å². The molecule has 1 aliphatic heterocycles. The molecule has 2 N–H and O–H groups in total. The number of nitrogen functional groups attached to an aromatic ring is 1. The number of rotatable bonds is 2. The summed E-state index contributed by atoms with van der Waals surface area (Å²) in [4.78, 5) is 7.79. The van der Waals surface area contributed by atoms with Gasteiger partial charge in [-0.15, -0.1) is 0 Å². The summed E-state index contributed by atoms with van der Waals surface area (Å²) >= 11 is 5.05. The van der Waals surface area contributed by atoms with Crippen molar-refractivity contribution in [1.82, 2.24) is 14.5 Å². The summed E-state index contributed by atoms with van der Waals surface area (Å²) in [7, 11) is 0. The number of nitrogens with zero attached hydrogens (tertiary/aromatic N) is 3. The Morgan fingerprint density at radius 1 is 1.71 bits per heavy atom. The van der Waals surface area contributed by atoms with Gasteiger partial charge in [-0.2, -0.15) is 4.98 Å². The summed E-state index contributed by atoms with van der Waals surface area (Å²) in [6.45, 7) is 1.56. The molecule has 2 rings (SSSR count). The zero-order valence-electron chi connectivity index (χ0n) is 7.72. The molecule has 0 aromatic carbocycles. The van der Waals surface area contributed by atoms with Gasteiger partial charge in [0.2, 0.25) is 10.7 Å². The van der Waals surface area contributed by atoms with Crippen LogP contribution in [0.1, 0.15) is 12.8 Å². The number of aromatic nitrogens is 3. The molecular weight excluding hydrogens is 200 g/mol. The van der Waals surface area contributed by atoms with Gasteiger partial charge in [0.15, 0.2) is 0 Å². The highest BCUT2D eigenvalue weighted by Gasteiger charge is 2.15. The van der Waals surface area contributed by atoms with Gasteiger partial charge in [0, 0.05) is 6.61 Å². The van der Waals surface area contributed by atoms with Gasteiger partial charge in [-0.05, 0) is 25.1 Å². The van der Waals surface area contributed by atoms with Crippen LogP contribution in [0.2, 0.25) is 0 Å². The van der Waals surface area contributed by atoms with Crippen LogP contribution in [0, 0.1) is 4.77 Å². The first kappa shape index (κ1) is 9.54. The quantitative estimate of drug-likeness (QED) is 0.733. The smallest absolute Gasteiger partial charge is 0.224 e. The first-order valence-corrected chi connectivity index (χ1v) is 4.97. The Morgan fingerprint density at radius 2 is 2.57 bits per heavy atom. The predicted molar refractivity (Wildman–Crippen MR) is 54.2 cm³/mol. The molecule has 5 nitrogen and oxygen atoms in total. The van der Waals surface area contributed by atoms with Crippen LogP contribution in [0.4, 0.5) is 5.95 Å². The molecule has 0 amide bonds. The lowest BCUT2D eigenvalue weighted by atomic mass is 10.2. The van der Waals surface area contributed by atoms with Crippen molar-refractivity contribution >= 4 is 18.2 Å². The zero-order chi connectivity index (χ0) is 9.97. The fraction of sp³-hybridized carbons (Fsp3) is 0.625. The van der Waals surface area contributed by atoms with Crippen molar-refractivity contribution in [3.8, 4) is 0 Å². The molecule has 1 aromatic heterocycles. The number of hydrogen-bond donors (Lipinski definition) is 1. The highest BCUT2D eigenvalue weighted by molar-refractivity contribution is 7.71. The maximum Gasteiger partial charge on any atom is 0.224 e. The fourth-order valence-corrected chi connectivity index (χ4v) is 1.72. The molecule has 1 saturated heterocycles. The molecule has 1 aromatic rings. The molecular formula is C8H12N4OS. The summed E-state index contributed by atoms with van der Waals surface area (Å²) < 4.78 is 7.75. The summed E-state index contributed by atoms with van der Waals surface area (Å²) in [6.07, 6.45) is 4.06. The van der Waals surface area contributed by atoms with Gasteiger partial charge >= 0.3 is 0 Å². The van der Waals surface area contributed by atoms with Gasteiger partial charge in [0.1, 0.15) is 6.33 Å². The van der Waals surface area contributed by atoms with E-state index in [2.05, 4.69) is 9.97 Å². The van der Waals surface area contributed by atoms with E-state index in [0.29, 0.717) is 4.77 Å². The average Bonchev–Trinajstić information content (AvgIpc) is 2.62. The minimum absolute atomic E-state index is 0.221. The van der Waals surface area contributed by atoms with E-state index in [9.17, 15) is 0 Å². The lowest BCUT2D eigenvalue weighted by Gasteiger charge is -2.11. The lowest BCUT2D eigenvalue weighted by molar-refractivity contribution is 0.0960. The molecule has 6 heteroatoms. The van der Waals surface area contributed by atoms with Gasteiger partial charge in [-0.25, -0.2) is 4.98 Å². The molecule has 1 unspecified atom stereocenters. The molecule has 0 spiro atoms. The van der Waals surface area contributed by atoms with Crippen LogP contribution >= 0.6 is 12.2 Å². The summed E-state index contributed by atoms with van der Waals surface area (Å²) in [5, 5.41) is 0. The molecule has 1 fully saturated rings. The van der Waals surface area contributed by atoms with E-state index in [1.807, 2.05) is 0 Å². The molecule has 1 atom stereocenters. The maximum atomic E-state index is 5.49. The molecule has 0 saturated carbocycles. The zero-order valence-corrected chi connectivity index (χ0v) is 8.54. The van der Waals surface area contributed by atoms with Crippen LogP contribution in [0.5, 0.6) is 0 Å². The number of nitrogens with two attached hydrogens (primary N) is 1. The summed E-state index contributed by atoms with van der Waals surface area (Å²) in [5.74, 6) is 0.221. The topological polar surface area (TPSA) is 66.0 Å². The van der Waals surface area contributed by atoms with Crippen LogP contribution in [0.3, 0.4) is 0 Å². The van der Waals surface area contributed by atoms with Crippen LogP contribution in [-0.4, -0.2) is 27.2 Å². The van der Waals surface area contributed by atoms with E-state index in [1.165, 1.54) is 0 Å². The summed E-state index contributed by atoms with van der Waals surface area (Å²) in [5.41, 5.74) is 5.40. The van der Waals surface area contributed by atoms with Crippen molar-refractivity contribution in [2.75, 3.05) is 12.3 Å². The third-order valence-corrected chi connectivity index (χ3v) is 2.54. The molecule has 0 radical (unpaired) electrons. The van der Waals surface area contributed by atoms with Crippen molar-refractivity contribution in [3.63, 3.8) is 0 Å². The van der Waals surface area contributed by atoms with E-state index in [1.54, 1.807) is 10.9 Å². The van der Waals surface area contributed by atoms with Crippen LogP contribution in [0.25, 0.3) is 0 Å². The second-order valence-corrected chi connectivity index (χ2v) is 3.65. The van der Waals surface area contributed by atoms with Crippen LogP contribution in [0.15, 0.2) is 6.33 Å². The number of ether oxygens (including phenoxy) is 1. The molecule has 0 aliphatic carbocycles. The minimum atomic E-state index is 0.221. The van der Waals surface area contributed by atoms with Gasteiger partial charge in [0.25, 0.3) is 0 Å². The lowest BCUT2D eigenvalue weighted by Crippen LogP contribution is -2.17. The molecule has 2 heterocycles. The monoisotopic (exact) mass is 212 g/mol. The van der Waals surface area contributed by atoms with Gasteiger partial charge in [0.05, 0.1) is 12.6 Å². The Balaban J connectivity index is 2.12. The van der Waals surface area contributed by atoms with Crippen molar-refractivity contribution in [3.05, 3.63) is 11.1 Å². The highest BCUT2D eigenvalue weighted by atomic mass is 32.1. The normalized spacial score (nSPS) is 21.3. The van der Waals surface area contributed by atoms with Crippen molar-refractivity contribution < 1.29 is 4.74 Å². The van der Waals surface area contributed by atoms with E-state index in [4.69, 9.17) is 22.7 Å². The Hall–Kier alpha value is -1.01.